The predicted molar refractivity (Wildman–Crippen MR) is 54.3 cm³/mol. The highest BCUT2D eigenvalue weighted by Crippen LogP contribution is 2.10. The molecular formula is C9H12O5S. The average Bonchev–Trinajstić information content (AvgIpc) is 2.63. The van der Waals surface area contributed by atoms with Crippen molar-refractivity contribution in [2.24, 2.45) is 0 Å². The van der Waals surface area contributed by atoms with Crippen molar-refractivity contribution in [3.63, 3.8) is 0 Å². The molecule has 0 aliphatic heterocycles. The van der Waals surface area contributed by atoms with E-state index in [0.29, 0.717) is 18.1 Å². The van der Waals surface area contributed by atoms with Crippen LogP contribution in [-0.4, -0.2) is 34.8 Å². The Morgan fingerprint density at radius 1 is 1.60 bits per heavy atom. The Morgan fingerprint density at radius 2 is 2.33 bits per heavy atom. The van der Waals surface area contributed by atoms with E-state index in [4.69, 9.17) is 14.3 Å². The number of carboxylic acid groups (broad SMARTS) is 1. The number of aromatic carboxylic acids is 1. The van der Waals surface area contributed by atoms with Crippen LogP contribution >= 0.6 is 0 Å². The van der Waals surface area contributed by atoms with E-state index in [1.54, 1.807) is 0 Å². The van der Waals surface area contributed by atoms with Gasteiger partial charge in [0.1, 0.15) is 5.76 Å². The number of rotatable bonds is 6. The summed E-state index contributed by atoms with van der Waals surface area (Å²) in [5, 5.41) is 8.58. The molecule has 5 nitrogen and oxygen atoms in total. The minimum absolute atomic E-state index is 0.131. The molecule has 0 saturated carbocycles. The molecule has 1 N–H and O–H groups in total. The van der Waals surface area contributed by atoms with E-state index in [9.17, 15) is 9.00 Å². The highest BCUT2D eigenvalue weighted by Gasteiger charge is 2.10. The monoisotopic (exact) mass is 232 g/mol. The Kier molecular flexibility index (Phi) is 4.51. The Bertz CT molecular complexity index is 357. The fraction of sp³-hybridized carbons (Fsp3) is 0.444. The summed E-state index contributed by atoms with van der Waals surface area (Å²) in [6, 6.07) is 2.87. The largest absolute Gasteiger partial charge is 0.475 e. The minimum Gasteiger partial charge on any atom is -0.475 e. The molecule has 0 fully saturated rings. The van der Waals surface area contributed by atoms with Gasteiger partial charge in [0.15, 0.2) is 0 Å². The van der Waals surface area contributed by atoms with Gasteiger partial charge < -0.3 is 14.3 Å². The maximum Gasteiger partial charge on any atom is 0.371 e. The molecule has 15 heavy (non-hydrogen) atoms. The third-order valence-corrected chi connectivity index (χ3v) is 2.92. The highest BCUT2D eigenvalue weighted by atomic mass is 32.2. The molecule has 0 saturated heterocycles. The van der Waals surface area contributed by atoms with Gasteiger partial charge in [-0.15, -0.1) is 0 Å². The van der Waals surface area contributed by atoms with Crippen LogP contribution < -0.4 is 0 Å². The normalized spacial score (nSPS) is 12.6. The summed E-state index contributed by atoms with van der Waals surface area (Å²) in [6.07, 6.45) is 0. The third-order valence-electron chi connectivity index (χ3n) is 1.69. The summed E-state index contributed by atoms with van der Waals surface area (Å²) in [5.41, 5.74) is 0. The summed E-state index contributed by atoms with van der Waals surface area (Å²) in [5.74, 6) is -0.199. The van der Waals surface area contributed by atoms with Crippen LogP contribution in [0.1, 0.15) is 16.3 Å². The number of carboxylic acids is 1. The van der Waals surface area contributed by atoms with Crippen molar-refractivity contribution >= 4 is 16.8 Å². The van der Waals surface area contributed by atoms with Crippen LogP contribution in [0.15, 0.2) is 16.5 Å². The van der Waals surface area contributed by atoms with Crippen LogP contribution in [-0.2, 0) is 21.3 Å². The Balaban J connectivity index is 2.50. The average molecular weight is 232 g/mol. The van der Waals surface area contributed by atoms with Gasteiger partial charge in [-0.2, -0.15) is 0 Å². The molecule has 6 heteroatoms. The lowest BCUT2D eigenvalue weighted by Gasteiger charge is -1.98. The first-order chi connectivity index (χ1) is 7.13. The van der Waals surface area contributed by atoms with Crippen LogP contribution in [0, 0.1) is 0 Å². The van der Waals surface area contributed by atoms with Crippen molar-refractivity contribution in [2.75, 3.05) is 19.5 Å². The van der Waals surface area contributed by atoms with Crippen molar-refractivity contribution in [1.82, 2.24) is 0 Å². The second-order valence-corrected chi connectivity index (χ2v) is 4.43. The Labute approximate surface area is 89.5 Å². The maximum atomic E-state index is 11.4. The SMILES string of the molecule is COCCS(=O)Cc1ccc(C(=O)O)o1. The molecule has 1 atom stereocenters. The van der Waals surface area contributed by atoms with Crippen LogP contribution in [0.5, 0.6) is 0 Å². The molecule has 84 valence electrons. The molecule has 1 aromatic heterocycles. The first-order valence-electron chi connectivity index (χ1n) is 4.29. The van der Waals surface area contributed by atoms with Crippen molar-refractivity contribution in [2.45, 2.75) is 5.75 Å². The highest BCUT2D eigenvalue weighted by molar-refractivity contribution is 7.84. The minimum atomic E-state index is -1.12. The number of methoxy groups -OCH3 is 1. The molecule has 0 spiro atoms. The van der Waals surface area contributed by atoms with Crippen molar-refractivity contribution in [3.05, 3.63) is 23.7 Å². The van der Waals surface area contributed by atoms with Crippen molar-refractivity contribution in [3.8, 4) is 0 Å². The first kappa shape index (κ1) is 11.9. The third kappa shape index (κ3) is 3.85. The lowest BCUT2D eigenvalue weighted by molar-refractivity contribution is 0.0660. The zero-order valence-electron chi connectivity index (χ0n) is 8.26. The fourth-order valence-corrected chi connectivity index (χ4v) is 1.95. The Hall–Kier alpha value is -1.14. The molecule has 1 unspecified atom stereocenters. The predicted octanol–water partition coefficient (Wildman–Crippen LogP) is 0.873. The van der Waals surface area contributed by atoms with E-state index in [0.717, 1.165) is 0 Å². The van der Waals surface area contributed by atoms with E-state index < -0.39 is 16.8 Å². The topological polar surface area (TPSA) is 76.7 Å². The standard InChI is InChI=1S/C9H12O5S/c1-13-4-5-15(12)6-7-2-3-8(14-7)9(10)11/h2-3H,4-6H2,1H3,(H,10,11). The number of ether oxygens (including phenoxy) is 1. The molecule has 0 aliphatic carbocycles. The van der Waals surface area contributed by atoms with Gasteiger partial charge in [0.25, 0.3) is 0 Å². The summed E-state index contributed by atoms with van der Waals surface area (Å²) in [4.78, 5) is 10.5. The van der Waals surface area contributed by atoms with E-state index in [2.05, 4.69) is 0 Å². The van der Waals surface area contributed by atoms with Gasteiger partial charge in [-0.1, -0.05) is 0 Å². The zero-order valence-corrected chi connectivity index (χ0v) is 9.08. The number of carbonyl (C=O) groups is 1. The summed E-state index contributed by atoms with van der Waals surface area (Å²) < 4.78 is 21.1. The fourth-order valence-electron chi connectivity index (χ4n) is 0.978. The molecule has 0 aliphatic rings. The van der Waals surface area contributed by atoms with Crippen molar-refractivity contribution in [1.29, 1.82) is 0 Å². The summed E-state index contributed by atoms with van der Waals surface area (Å²) in [6.45, 7) is 0.416. The zero-order chi connectivity index (χ0) is 11.3. The second-order valence-electron chi connectivity index (χ2n) is 2.85. The van der Waals surface area contributed by atoms with Gasteiger partial charge in [-0.25, -0.2) is 4.79 Å². The second kappa shape index (κ2) is 5.67. The van der Waals surface area contributed by atoms with Gasteiger partial charge in [0.05, 0.1) is 12.4 Å². The molecule has 0 radical (unpaired) electrons. The van der Waals surface area contributed by atoms with E-state index in [1.165, 1.54) is 19.2 Å². The van der Waals surface area contributed by atoms with Gasteiger partial charge in [-0.3, -0.25) is 4.21 Å². The van der Waals surface area contributed by atoms with Crippen LogP contribution in [0.3, 0.4) is 0 Å². The van der Waals surface area contributed by atoms with E-state index in [-0.39, 0.29) is 11.5 Å². The molecule has 0 amide bonds. The molecular weight excluding hydrogens is 220 g/mol. The number of hydrogen-bond acceptors (Lipinski definition) is 4. The Morgan fingerprint density at radius 3 is 2.87 bits per heavy atom. The number of furan rings is 1. The van der Waals surface area contributed by atoms with Crippen molar-refractivity contribution < 1.29 is 23.3 Å². The van der Waals surface area contributed by atoms with E-state index >= 15 is 0 Å². The molecule has 1 rings (SSSR count). The smallest absolute Gasteiger partial charge is 0.371 e. The lowest BCUT2D eigenvalue weighted by atomic mass is 10.4. The van der Waals surface area contributed by atoms with Gasteiger partial charge in [0.2, 0.25) is 5.76 Å². The number of hydrogen-bond donors (Lipinski definition) is 1. The van der Waals surface area contributed by atoms with Gasteiger partial charge in [-0.05, 0) is 12.1 Å². The summed E-state index contributed by atoms with van der Waals surface area (Å²) in [7, 11) is 0.452. The molecule has 0 bridgehead atoms. The lowest BCUT2D eigenvalue weighted by Crippen LogP contribution is -2.05. The molecule has 1 aromatic rings. The molecule has 1 heterocycles. The van der Waals surface area contributed by atoms with E-state index in [1.807, 2.05) is 0 Å². The summed E-state index contributed by atoms with van der Waals surface area (Å²) >= 11 is 0. The van der Waals surface area contributed by atoms with Gasteiger partial charge in [0, 0.05) is 23.7 Å². The quantitative estimate of drug-likeness (QED) is 0.787. The van der Waals surface area contributed by atoms with Gasteiger partial charge >= 0.3 is 5.97 Å². The van der Waals surface area contributed by atoms with Crippen LogP contribution in [0.2, 0.25) is 0 Å². The first-order valence-corrected chi connectivity index (χ1v) is 5.78. The van der Waals surface area contributed by atoms with Crippen LogP contribution in [0.4, 0.5) is 0 Å². The maximum absolute atomic E-state index is 11.4. The molecule has 0 aromatic carbocycles. The van der Waals surface area contributed by atoms with Crippen LogP contribution in [0.25, 0.3) is 0 Å².